The van der Waals surface area contributed by atoms with Crippen LogP contribution in [0.2, 0.25) is 0 Å². The van der Waals surface area contributed by atoms with Gasteiger partial charge in [-0.2, -0.15) is 0 Å². The van der Waals surface area contributed by atoms with Gasteiger partial charge in [0.25, 0.3) is 0 Å². The highest BCUT2D eigenvalue weighted by Gasteiger charge is 2.21. The molecule has 0 spiro atoms. The number of hydrogen-bond acceptors (Lipinski definition) is 2. The zero-order valence-electron chi connectivity index (χ0n) is 11.8. The van der Waals surface area contributed by atoms with Crippen LogP contribution in [0, 0.1) is 5.92 Å². The molecule has 0 unspecified atom stereocenters. The maximum atomic E-state index is 11.2. The summed E-state index contributed by atoms with van der Waals surface area (Å²) in [6, 6.07) is 0. The minimum atomic E-state index is 0.0206. The highest BCUT2D eigenvalue weighted by Crippen LogP contribution is 2.24. The molecule has 1 aliphatic rings. The maximum Gasteiger partial charge on any atom is 0.308 e. The molecule has 2 heteroatoms. The van der Waals surface area contributed by atoms with Gasteiger partial charge in [-0.25, -0.2) is 0 Å². The molecular weight excluding hydrogens is 200 g/mol. The third-order valence-electron chi connectivity index (χ3n) is 2.23. The van der Waals surface area contributed by atoms with E-state index in [1.54, 1.807) is 0 Å². The SMILES string of the molecule is CC.CCC.CCOC(=O)C1CCCCC1. The normalized spacial score (nSPS) is 15.1. The highest BCUT2D eigenvalue weighted by atomic mass is 16.5. The average Bonchev–Trinajstić information content (AvgIpc) is 2.34. The Hall–Kier alpha value is -0.530. The quantitative estimate of drug-likeness (QED) is 0.649. The van der Waals surface area contributed by atoms with Crippen LogP contribution in [-0.2, 0) is 9.53 Å². The van der Waals surface area contributed by atoms with E-state index < -0.39 is 0 Å². The largest absolute Gasteiger partial charge is 0.466 e. The van der Waals surface area contributed by atoms with Crippen molar-refractivity contribution in [3.05, 3.63) is 0 Å². The molecule has 1 rings (SSSR count). The van der Waals surface area contributed by atoms with Crippen LogP contribution < -0.4 is 0 Å². The van der Waals surface area contributed by atoms with Crippen LogP contribution >= 0.6 is 0 Å². The fraction of sp³-hybridized carbons (Fsp3) is 0.929. The Bertz CT molecular complexity index is 138. The molecule has 1 aliphatic carbocycles. The Morgan fingerprint density at radius 1 is 1.06 bits per heavy atom. The molecule has 16 heavy (non-hydrogen) atoms. The molecule has 0 aliphatic heterocycles. The number of rotatable bonds is 2. The molecule has 0 radical (unpaired) electrons. The van der Waals surface area contributed by atoms with Gasteiger partial charge < -0.3 is 4.74 Å². The second-order valence-electron chi connectivity index (χ2n) is 3.79. The fourth-order valence-corrected chi connectivity index (χ4v) is 1.60. The van der Waals surface area contributed by atoms with Gasteiger partial charge in [-0.05, 0) is 19.8 Å². The van der Waals surface area contributed by atoms with Gasteiger partial charge in [0.2, 0.25) is 0 Å². The van der Waals surface area contributed by atoms with Crippen molar-refractivity contribution < 1.29 is 9.53 Å². The smallest absolute Gasteiger partial charge is 0.308 e. The fourth-order valence-electron chi connectivity index (χ4n) is 1.60. The van der Waals surface area contributed by atoms with Crippen molar-refractivity contribution in [2.45, 2.75) is 73.1 Å². The lowest BCUT2D eigenvalue weighted by Crippen LogP contribution is -2.20. The third-order valence-corrected chi connectivity index (χ3v) is 2.23. The number of carbonyl (C=O) groups is 1. The standard InChI is InChI=1S/C9H16O2.C3H8.C2H6/c1-2-11-9(10)8-6-4-3-5-7-8;1-3-2;1-2/h8H,2-7H2,1H3;3H2,1-2H3;1-2H3. The van der Waals surface area contributed by atoms with Gasteiger partial charge in [-0.1, -0.05) is 53.4 Å². The molecule has 0 amide bonds. The van der Waals surface area contributed by atoms with Gasteiger partial charge >= 0.3 is 5.97 Å². The molecule has 1 saturated carbocycles. The van der Waals surface area contributed by atoms with E-state index in [0.29, 0.717) is 6.61 Å². The number of esters is 1. The first-order chi connectivity index (χ1) is 7.76. The Labute approximate surface area is 102 Å². The lowest BCUT2D eigenvalue weighted by atomic mass is 9.89. The van der Waals surface area contributed by atoms with Crippen LogP contribution in [0.4, 0.5) is 0 Å². The van der Waals surface area contributed by atoms with E-state index in [1.807, 2.05) is 20.8 Å². The first kappa shape index (κ1) is 17.9. The van der Waals surface area contributed by atoms with Gasteiger partial charge in [0.1, 0.15) is 0 Å². The first-order valence-corrected chi connectivity index (χ1v) is 6.92. The van der Waals surface area contributed by atoms with E-state index in [9.17, 15) is 4.79 Å². The lowest BCUT2D eigenvalue weighted by molar-refractivity contribution is -0.149. The molecule has 0 heterocycles. The lowest BCUT2D eigenvalue weighted by Gasteiger charge is -2.19. The molecule has 98 valence electrons. The Balaban J connectivity index is 0. The molecule has 0 aromatic heterocycles. The Morgan fingerprint density at radius 3 is 1.88 bits per heavy atom. The van der Waals surface area contributed by atoms with Crippen LogP contribution in [0.25, 0.3) is 0 Å². The number of hydrogen-bond donors (Lipinski definition) is 0. The van der Waals surface area contributed by atoms with Gasteiger partial charge in [0.05, 0.1) is 12.5 Å². The molecule has 2 nitrogen and oxygen atoms in total. The van der Waals surface area contributed by atoms with Crippen molar-refractivity contribution in [3.8, 4) is 0 Å². The van der Waals surface area contributed by atoms with Crippen molar-refractivity contribution in [3.63, 3.8) is 0 Å². The summed E-state index contributed by atoms with van der Waals surface area (Å²) in [5.41, 5.74) is 0. The monoisotopic (exact) mass is 230 g/mol. The summed E-state index contributed by atoms with van der Waals surface area (Å²) in [5, 5.41) is 0. The van der Waals surface area contributed by atoms with E-state index in [-0.39, 0.29) is 11.9 Å². The Kier molecular flexibility index (Phi) is 16.1. The van der Waals surface area contributed by atoms with E-state index in [4.69, 9.17) is 4.74 Å². The molecule has 0 saturated heterocycles. The zero-order chi connectivity index (χ0) is 12.8. The van der Waals surface area contributed by atoms with Gasteiger partial charge in [0.15, 0.2) is 0 Å². The van der Waals surface area contributed by atoms with Crippen molar-refractivity contribution in [1.82, 2.24) is 0 Å². The molecule has 0 N–H and O–H groups in total. The number of ether oxygens (including phenoxy) is 1. The summed E-state index contributed by atoms with van der Waals surface area (Å²) in [4.78, 5) is 11.2. The van der Waals surface area contributed by atoms with Gasteiger partial charge in [-0.15, -0.1) is 0 Å². The van der Waals surface area contributed by atoms with Gasteiger partial charge in [-0.3, -0.25) is 4.79 Å². The van der Waals surface area contributed by atoms with Crippen LogP contribution in [0.3, 0.4) is 0 Å². The second-order valence-corrected chi connectivity index (χ2v) is 3.79. The predicted octanol–water partition coefficient (Wildman–Crippen LogP) is 4.57. The summed E-state index contributed by atoms with van der Waals surface area (Å²) in [5.74, 6) is 0.232. The predicted molar refractivity (Wildman–Crippen MR) is 70.5 cm³/mol. The summed E-state index contributed by atoms with van der Waals surface area (Å²) in [6.07, 6.45) is 7.01. The molecular formula is C14H30O2. The Morgan fingerprint density at radius 2 is 1.50 bits per heavy atom. The van der Waals surface area contributed by atoms with Crippen molar-refractivity contribution in [2.75, 3.05) is 6.61 Å². The summed E-state index contributed by atoms with van der Waals surface area (Å²) < 4.78 is 4.94. The van der Waals surface area contributed by atoms with Crippen LogP contribution in [0.5, 0.6) is 0 Å². The van der Waals surface area contributed by atoms with E-state index >= 15 is 0 Å². The first-order valence-electron chi connectivity index (χ1n) is 6.92. The van der Waals surface area contributed by atoms with Crippen LogP contribution in [-0.4, -0.2) is 12.6 Å². The molecule has 0 aromatic carbocycles. The number of carbonyl (C=O) groups excluding carboxylic acids is 1. The van der Waals surface area contributed by atoms with Crippen LogP contribution in [0.1, 0.15) is 73.1 Å². The summed E-state index contributed by atoms with van der Waals surface area (Å²) >= 11 is 0. The molecule has 0 bridgehead atoms. The van der Waals surface area contributed by atoms with E-state index in [0.717, 1.165) is 12.8 Å². The average molecular weight is 230 g/mol. The molecule has 0 atom stereocenters. The zero-order valence-corrected chi connectivity index (χ0v) is 11.8. The topological polar surface area (TPSA) is 26.3 Å². The van der Waals surface area contributed by atoms with Crippen molar-refractivity contribution >= 4 is 5.97 Å². The molecule has 1 fully saturated rings. The maximum absolute atomic E-state index is 11.2. The summed E-state index contributed by atoms with van der Waals surface area (Å²) in [6.45, 7) is 10.6. The van der Waals surface area contributed by atoms with Crippen molar-refractivity contribution in [2.24, 2.45) is 5.92 Å². The van der Waals surface area contributed by atoms with Gasteiger partial charge in [0, 0.05) is 0 Å². The van der Waals surface area contributed by atoms with Crippen LogP contribution in [0.15, 0.2) is 0 Å². The van der Waals surface area contributed by atoms with E-state index in [1.165, 1.54) is 25.7 Å². The summed E-state index contributed by atoms with van der Waals surface area (Å²) in [7, 11) is 0. The highest BCUT2D eigenvalue weighted by molar-refractivity contribution is 5.72. The minimum Gasteiger partial charge on any atom is -0.466 e. The van der Waals surface area contributed by atoms with Crippen molar-refractivity contribution in [1.29, 1.82) is 0 Å². The minimum absolute atomic E-state index is 0.0206. The van der Waals surface area contributed by atoms with E-state index in [2.05, 4.69) is 13.8 Å². The third kappa shape index (κ3) is 10.0. The molecule has 0 aromatic rings. The second kappa shape index (κ2) is 14.5.